The Morgan fingerprint density at radius 2 is 2.00 bits per heavy atom. The molecule has 0 aliphatic rings. The lowest BCUT2D eigenvalue weighted by Gasteiger charge is -2.08. The SMILES string of the molecule is CSc1nnc(SCc2cc(=O)oc3c(C)c(C)ccc23)s1. The Balaban J connectivity index is 1.96. The van der Waals surface area contributed by atoms with Crippen LogP contribution in [0.25, 0.3) is 11.0 Å². The number of aryl methyl sites for hydroxylation is 2. The first-order valence-electron chi connectivity index (χ1n) is 6.61. The second kappa shape index (κ2) is 6.44. The number of fused-ring (bicyclic) bond motifs is 1. The molecule has 0 radical (unpaired) electrons. The van der Waals surface area contributed by atoms with Gasteiger partial charge in [-0.2, -0.15) is 0 Å². The summed E-state index contributed by atoms with van der Waals surface area (Å²) in [7, 11) is 0. The van der Waals surface area contributed by atoms with Crippen molar-refractivity contribution >= 4 is 45.8 Å². The largest absolute Gasteiger partial charge is 0.422 e. The zero-order valence-electron chi connectivity index (χ0n) is 12.4. The van der Waals surface area contributed by atoms with Crippen LogP contribution in [0.4, 0.5) is 0 Å². The Hall–Kier alpha value is -1.31. The predicted molar refractivity (Wildman–Crippen MR) is 93.2 cm³/mol. The number of hydrogen-bond donors (Lipinski definition) is 0. The quantitative estimate of drug-likeness (QED) is 0.517. The molecule has 22 heavy (non-hydrogen) atoms. The third-order valence-corrected chi connectivity index (χ3v) is 6.51. The number of thioether (sulfide) groups is 2. The van der Waals surface area contributed by atoms with Crippen LogP contribution in [0.1, 0.15) is 16.7 Å². The predicted octanol–water partition coefficient (Wildman–Crippen LogP) is 4.28. The molecule has 0 saturated carbocycles. The molecule has 0 fully saturated rings. The van der Waals surface area contributed by atoms with Crippen LogP contribution in [0.15, 0.2) is 36.1 Å². The fraction of sp³-hybridized carbons (Fsp3) is 0.267. The lowest BCUT2D eigenvalue weighted by atomic mass is 10.0. The first-order valence-corrected chi connectivity index (χ1v) is 9.64. The molecule has 0 N–H and O–H groups in total. The molecule has 2 heterocycles. The average molecular weight is 350 g/mol. The van der Waals surface area contributed by atoms with E-state index in [1.807, 2.05) is 26.2 Å². The highest BCUT2D eigenvalue weighted by Crippen LogP contribution is 2.32. The van der Waals surface area contributed by atoms with Crippen molar-refractivity contribution in [1.29, 1.82) is 0 Å². The lowest BCUT2D eigenvalue weighted by Crippen LogP contribution is -2.01. The van der Waals surface area contributed by atoms with Gasteiger partial charge in [-0.25, -0.2) is 4.79 Å². The average Bonchev–Trinajstić information content (AvgIpc) is 2.97. The molecule has 0 unspecified atom stereocenters. The summed E-state index contributed by atoms with van der Waals surface area (Å²) in [6, 6.07) is 5.65. The molecule has 0 atom stereocenters. The minimum Gasteiger partial charge on any atom is -0.422 e. The summed E-state index contributed by atoms with van der Waals surface area (Å²) in [6.45, 7) is 3.99. The van der Waals surface area contributed by atoms with E-state index in [9.17, 15) is 4.79 Å². The van der Waals surface area contributed by atoms with Crippen molar-refractivity contribution in [2.24, 2.45) is 0 Å². The Morgan fingerprint density at radius 1 is 1.23 bits per heavy atom. The van der Waals surface area contributed by atoms with Crippen LogP contribution in [-0.2, 0) is 5.75 Å². The highest BCUT2D eigenvalue weighted by molar-refractivity contribution is 8.02. The van der Waals surface area contributed by atoms with Gasteiger partial charge in [0, 0.05) is 17.2 Å². The number of aromatic nitrogens is 2. The van der Waals surface area contributed by atoms with Gasteiger partial charge in [0.05, 0.1) is 0 Å². The Labute approximate surface area is 140 Å². The third kappa shape index (κ3) is 3.06. The van der Waals surface area contributed by atoms with Gasteiger partial charge >= 0.3 is 5.63 Å². The fourth-order valence-electron chi connectivity index (χ4n) is 2.12. The van der Waals surface area contributed by atoms with Crippen molar-refractivity contribution in [2.75, 3.05) is 6.26 Å². The van der Waals surface area contributed by atoms with Gasteiger partial charge in [0.25, 0.3) is 0 Å². The van der Waals surface area contributed by atoms with Crippen molar-refractivity contribution in [3.63, 3.8) is 0 Å². The molecule has 4 nitrogen and oxygen atoms in total. The molecular weight excluding hydrogens is 336 g/mol. The minimum atomic E-state index is -0.307. The van der Waals surface area contributed by atoms with Crippen LogP contribution in [0.3, 0.4) is 0 Å². The first kappa shape index (κ1) is 15.6. The van der Waals surface area contributed by atoms with Gasteiger partial charge in [0.15, 0.2) is 8.68 Å². The van der Waals surface area contributed by atoms with Crippen LogP contribution >= 0.6 is 34.9 Å². The van der Waals surface area contributed by atoms with E-state index >= 15 is 0 Å². The van der Waals surface area contributed by atoms with Crippen molar-refractivity contribution in [3.8, 4) is 0 Å². The zero-order chi connectivity index (χ0) is 15.7. The summed E-state index contributed by atoms with van der Waals surface area (Å²) in [6.07, 6.45) is 1.98. The van der Waals surface area contributed by atoms with E-state index in [1.165, 1.54) is 0 Å². The molecule has 0 spiro atoms. The highest BCUT2D eigenvalue weighted by Gasteiger charge is 2.11. The van der Waals surface area contributed by atoms with Gasteiger partial charge in [0.1, 0.15) is 5.58 Å². The second-order valence-electron chi connectivity index (χ2n) is 4.80. The van der Waals surface area contributed by atoms with E-state index in [4.69, 9.17) is 4.42 Å². The molecule has 0 aliphatic carbocycles. The van der Waals surface area contributed by atoms with Crippen molar-refractivity contribution in [3.05, 3.63) is 45.3 Å². The maximum Gasteiger partial charge on any atom is 0.336 e. The molecule has 2 aromatic heterocycles. The summed E-state index contributed by atoms with van der Waals surface area (Å²) in [5, 5.41) is 9.22. The Morgan fingerprint density at radius 3 is 2.73 bits per heavy atom. The van der Waals surface area contributed by atoms with Gasteiger partial charge < -0.3 is 4.42 Å². The van der Waals surface area contributed by atoms with Gasteiger partial charge in [0.2, 0.25) is 0 Å². The molecule has 3 aromatic rings. The monoisotopic (exact) mass is 350 g/mol. The molecular formula is C15H14N2O2S3. The van der Waals surface area contributed by atoms with E-state index in [-0.39, 0.29) is 5.63 Å². The molecule has 0 aliphatic heterocycles. The standard InChI is InChI=1S/C15H14N2O2S3/c1-8-4-5-11-10(6-12(18)19-13(11)9(8)2)7-21-15-17-16-14(20-3)22-15/h4-6H,7H2,1-3H3. The fourth-order valence-corrected chi connectivity index (χ4v) is 4.55. The van der Waals surface area contributed by atoms with Gasteiger partial charge in [-0.1, -0.05) is 47.0 Å². The summed E-state index contributed by atoms with van der Waals surface area (Å²) in [5.41, 5.74) is 3.49. The van der Waals surface area contributed by atoms with E-state index in [2.05, 4.69) is 16.3 Å². The smallest absolute Gasteiger partial charge is 0.336 e. The second-order valence-corrected chi connectivity index (χ2v) is 8.05. The maximum absolute atomic E-state index is 11.8. The molecule has 1 aromatic carbocycles. The third-order valence-electron chi connectivity index (χ3n) is 3.43. The van der Waals surface area contributed by atoms with Crippen LogP contribution < -0.4 is 5.63 Å². The van der Waals surface area contributed by atoms with Crippen LogP contribution in [0.2, 0.25) is 0 Å². The van der Waals surface area contributed by atoms with Gasteiger partial charge in [-0.15, -0.1) is 10.2 Å². The topological polar surface area (TPSA) is 56.0 Å². The van der Waals surface area contributed by atoms with E-state index in [0.29, 0.717) is 11.3 Å². The van der Waals surface area contributed by atoms with Crippen molar-refractivity contribution in [1.82, 2.24) is 10.2 Å². The van der Waals surface area contributed by atoms with E-state index < -0.39 is 0 Å². The number of nitrogens with zero attached hydrogens (tertiary/aromatic N) is 2. The van der Waals surface area contributed by atoms with Crippen LogP contribution in [0.5, 0.6) is 0 Å². The molecule has 0 saturated heterocycles. The molecule has 114 valence electrons. The summed E-state index contributed by atoms with van der Waals surface area (Å²) in [4.78, 5) is 11.8. The number of rotatable bonds is 4. The summed E-state index contributed by atoms with van der Waals surface area (Å²) in [5.74, 6) is 0.674. The lowest BCUT2D eigenvalue weighted by molar-refractivity contribution is 0.557. The molecule has 0 bridgehead atoms. The minimum absolute atomic E-state index is 0.307. The molecule has 0 amide bonds. The maximum atomic E-state index is 11.8. The van der Waals surface area contributed by atoms with Crippen LogP contribution in [-0.4, -0.2) is 16.5 Å². The Bertz CT molecular complexity index is 886. The van der Waals surface area contributed by atoms with E-state index in [0.717, 1.165) is 30.8 Å². The normalized spacial score (nSPS) is 11.2. The van der Waals surface area contributed by atoms with Crippen molar-refractivity contribution in [2.45, 2.75) is 28.3 Å². The number of benzene rings is 1. The van der Waals surface area contributed by atoms with E-state index in [1.54, 1.807) is 40.9 Å². The summed E-state index contributed by atoms with van der Waals surface area (Å²) < 4.78 is 7.26. The summed E-state index contributed by atoms with van der Waals surface area (Å²) >= 11 is 4.75. The zero-order valence-corrected chi connectivity index (χ0v) is 14.8. The van der Waals surface area contributed by atoms with Gasteiger partial charge in [-0.05, 0) is 36.8 Å². The first-order chi connectivity index (χ1) is 10.6. The van der Waals surface area contributed by atoms with Crippen LogP contribution in [0, 0.1) is 13.8 Å². The van der Waals surface area contributed by atoms with Crippen molar-refractivity contribution < 1.29 is 4.42 Å². The van der Waals surface area contributed by atoms with Gasteiger partial charge in [-0.3, -0.25) is 0 Å². The Kier molecular flexibility index (Phi) is 4.56. The molecule has 3 rings (SSSR count). The number of hydrogen-bond acceptors (Lipinski definition) is 7. The highest BCUT2D eigenvalue weighted by atomic mass is 32.2. The molecule has 7 heteroatoms.